The van der Waals surface area contributed by atoms with Crippen LogP contribution in [0.5, 0.6) is 0 Å². The first-order valence-electron chi connectivity index (χ1n) is 4.81. The lowest BCUT2D eigenvalue weighted by Gasteiger charge is -2.26. The van der Waals surface area contributed by atoms with Crippen LogP contribution in [-0.2, 0) is 0 Å². The van der Waals surface area contributed by atoms with Crippen molar-refractivity contribution in [3.8, 4) is 0 Å². The molecule has 0 aliphatic rings. The molecule has 0 bridgehead atoms. The summed E-state index contributed by atoms with van der Waals surface area (Å²) >= 11 is 3.26. The van der Waals surface area contributed by atoms with Gasteiger partial charge in [0.05, 0.1) is 24.3 Å². The van der Waals surface area contributed by atoms with E-state index in [1.807, 2.05) is 0 Å². The van der Waals surface area contributed by atoms with Crippen molar-refractivity contribution < 1.29 is 15.0 Å². The number of nitrogens with one attached hydrogen (secondary N) is 1. The molecule has 88 valence electrons. The van der Waals surface area contributed by atoms with Crippen LogP contribution in [-0.4, -0.2) is 34.9 Å². The molecule has 5 heteroatoms. The number of amides is 1. The molecule has 0 aliphatic heterocycles. The zero-order valence-corrected chi connectivity index (χ0v) is 10.5. The number of benzene rings is 1. The molecule has 1 rings (SSSR count). The van der Waals surface area contributed by atoms with Gasteiger partial charge >= 0.3 is 0 Å². The van der Waals surface area contributed by atoms with Crippen LogP contribution in [0.2, 0.25) is 0 Å². The number of halogens is 1. The van der Waals surface area contributed by atoms with Gasteiger partial charge in [-0.15, -0.1) is 0 Å². The Labute approximate surface area is 102 Å². The average Bonchev–Trinajstić information content (AvgIpc) is 2.29. The lowest BCUT2D eigenvalue weighted by Crippen LogP contribution is -2.51. The molecule has 3 N–H and O–H groups in total. The highest BCUT2D eigenvalue weighted by Crippen LogP contribution is 2.16. The van der Waals surface area contributed by atoms with Gasteiger partial charge in [-0.3, -0.25) is 4.79 Å². The van der Waals surface area contributed by atoms with Gasteiger partial charge in [0.25, 0.3) is 5.91 Å². The molecule has 0 spiro atoms. The fraction of sp³-hybridized carbons (Fsp3) is 0.364. The van der Waals surface area contributed by atoms with Gasteiger partial charge in [0, 0.05) is 4.47 Å². The Morgan fingerprint density at radius 1 is 1.38 bits per heavy atom. The molecule has 0 fully saturated rings. The Kier molecular flexibility index (Phi) is 4.46. The topological polar surface area (TPSA) is 69.6 Å². The van der Waals surface area contributed by atoms with Crippen molar-refractivity contribution in [1.29, 1.82) is 0 Å². The molecule has 0 saturated carbocycles. The summed E-state index contributed by atoms with van der Waals surface area (Å²) in [6.07, 6.45) is 0. The molecule has 0 unspecified atom stereocenters. The Balaban J connectivity index is 2.84. The van der Waals surface area contributed by atoms with Gasteiger partial charge < -0.3 is 15.5 Å². The van der Waals surface area contributed by atoms with E-state index >= 15 is 0 Å². The number of aliphatic hydroxyl groups excluding tert-OH is 2. The second-order valence-electron chi connectivity index (χ2n) is 3.81. The summed E-state index contributed by atoms with van der Waals surface area (Å²) in [6.45, 7) is 0.932. The Hall–Kier alpha value is -0.910. The first-order chi connectivity index (χ1) is 7.52. The monoisotopic (exact) mass is 287 g/mol. The van der Waals surface area contributed by atoms with Gasteiger partial charge in [0.1, 0.15) is 0 Å². The first kappa shape index (κ1) is 13.2. The van der Waals surface area contributed by atoms with Crippen molar-refractivity contribution in [2.45, 2.75) is 12.5 Å². The molecule has 0 aliphatic carbocycles. The molecule has 0 saturated heterocycles. The summed E-state index contributed by atoms with van der Waals surface area (Å²) in [6, 6.07) is 6.96. The lowest BCUT2D eigenvalue weighted by atomic mass is 10.0. The van der Waals surface area contributed by atoms with Gasteiger partial charge in [-0.2, -0.15) is 0 Å². The van der Waals surface area contributed by atoms with Crippen LogP contribution >= 0.6 is 15.9 Å². The van der Waals surface area contributed by atoms with E-state index in [0.29, 0.717) is 10.0 Å². The summed E-state index contributed by atoms with van der Waals surface area (Å²) in [5.74, 6) is -0.335. The van der Waals surface area contributed by atoms with Crippen molar-refractivity contribution in [2.24, 2.45) is 0 Å². The summed E-state index contributed by atoms with van der Waals surface area (Å²) in [5.41, 5.74) is -0.539. The molecule has 1 aromatic carbocycles. The average molecular weight is 288 g/mol. The predicted octanol–water partition coefficient (Wildman–Crippen LogP) is 0.922. The zero-order chi connectivity index (χ0) is 12.2. The van der Waals surface area contributed by atoms with Crippen molar-refractivity contribution in [3.63, 3.8) is 0 Å². The number of carbonyl (C=O) groups excluding carboxylic acids is 1. The second-order valence-corrected chi connectivity index (χ2v) is 4.67. The summed E-state index contributed by atoms with van der Waals surface area (Å²) in [7, 11) is 0. The Morgan fingerprint density at radius 2 is 1.94 bits per heavy atom. The van der Waals surface area contributed by atoms with Gasteiger partial charge in [0.2, 0.25) is 0 Å². The highest BCUT2D eigenvalue weighted by Gasteiger charge is 2.25. The van der Waals surface area contributed by atoms with Gasteiger partial charge in [-0.25, -0.2) is 0 Å². The smallest absolute Gasteiger partial charge is 0.253 e. The number of hydrogen-bond donors (Lipinski definition) is 3. The molecular weight excluding hydrogens is 274 g/mol. The maximum atomic E-state index is 11.8. The predicted molar refractivity (Wildman–Crippen MR) is 64.2 cm³/mol. The van der Waals surface area contributed by atoms with E-state index in [9.17, 15) is 4.79 Å². The van der Waals surface area contributed by atoms with E-state index in [1.54, 1.807) is 31.2 Å². The van der Waals surface area contributed by atoms with Crippen molar-refractivity contribution in [2.75, 3.05) is 13.2 Å². The van der Waals surface area contributed by atoms with E-state index in [1.165, 1.54) is 0 Å². The molecule has 0 atom stereocenters. The van der Waals surface area contributed by atoms with Crippen LogP contribution in [0.25, 0.3) is 0 Å². The summed E-state index contributed by atoms with van der Waals surface area (Å²) in [4.78, 5) is 11.8. The normalized spacial score (nSPS) is 11.2. The fourth-order valence-corrected chi connectivity index (χ4v) is 1.58. The van der Waals surface area contributed by atoms with Crippen LogP contribution in [0.15, 0.2) is 28.7 Å². The summed E-state index contributed by atoms with van der Waals surface area (Å²) in [5, 5.41) is 20.7. The van der Waals surface area contributed by atoms with Crippen LogP contribution in [0.3, 0.4) is 0 Å². The first-order valence-corrected chi connectivity index (χ1v) is 5.60. The minimum atomic E-state index is -1.01. The van der Waals surface area contributed by atoms with E-state index < -0.39 is 5.54 Å². The molecule has 1 amide bonds. The van der Waals surface area contributed by atoms with E-state index in [2.05, 4.69) is 21.2 Å². The molecule has 0 radical (unpaired) electrons. The minimum absolute atomic E-state index is 0.320. The van der Waals surface area contributed by atoms with E-state index in [4.69, 9.17) is 10.2 Å². The fourth-order valence-electron chi connectivity index (χ4n) is 1.12. The highest BCUT2D eigenvalue weighted by atomic mass is 79.9. The van der Waals surface area contributed by atoms with Crippen molar-refractivity contribution in [3.05, 3.63) is 34.3 Å². The Morgan fingerprint density at radius 3 is 2.44 bits per heavy atom. The highest BCUT2D eigenvalue weighted by molar-refractivity contribution is 9.10. The third-order valence-corrected chi connectivity index (χ3v) is 2.92. The molecule has 16 heavy (non-hydrogen) atoms. The Bertz CT molecular complexity index is 377. The number of rotatable bonds is 4. The molecule has 4 nitrogen and oxygen atoms in total. The number of hydrogen-bond acceptors (Lipinski definition) is 3. The van der Waals surface area contributed by atoms with Crippen LogP contribution in [0, 0.1) is 0 Å². The minimum Gasteiger partial charge on any atom is -0.394 e. The summed E-state index contributed by atoms with van der Waals surface area (Å²) < 4.78 is 0.672. The van der Waals surface area contributed by atoms with Crippen LogP contribution in [0.4, 0.5) is 0 Å². The van der Waals surface area contributed by atoms with Gasteiger partial charge in [-0.1, -0.05) is 12.1 Å². The van der Waals surface area contributed by atoms with E-state index in [-0.39, 0.29) is 19.1 Å². The third-order valence-electron chi connectivity index (χ3n) is 2.23. The molecule has 0 aromatic heterocycles. The largest absolute Gasteiger partial charge is 0.394 e. The van der Waals surface area contributed by atoms with Crippen molar-refractivity contribution >= 4 is 21.8 Å². The SMILES string of the molecule is CC(CO)(CO)NC(=O)c1ccccc1Br. The van der Waals surface area contributed by atoms with Crippen molar-refractivity contribution in [1.82, 2.24) is 5.32 Å². The van der Waals surface area contributed by atoms with Gasteiger partial charge in [0.15, 0.2) is 0 Å². The molecule has 0 heterocycles. The zero-order valence-electron chi connectivity index (χ0n) is 8.90. The lowest BCUT2D eigenvalue weighted by molar-refractivity contribution is 0.0723. The molecular formula is C11H14BrNO3. The van der Waals surface area contributed by atoms with Crippen LogP contribution in [0.1, 0.15) is 17.3 Å². The quantitative estimate of drug-likeness (QED) is 0.771. The van der Waals surface area contributed by atoms with Crippen LogP contribution < -0.4 is 5.32 Å². The second kappa shape index (κ2) is 5.43. The van der Waals surface area contributed by atoms with E-state index in [0.717, 1.165) is 0 Å². The number of aliphatic hydroxyl groups is 2. The molecule has 1 aromatic rings. The van der Waals surface area contributed by atoms with Gasteiger partial charge in [-0.05, 0) is 35.0 Å². The maximum Gasteiger partial charge on any atom is 0.253 e. The third kappa shape index (κ3) is 3.04. The standard InChI is InChI=1S/C11H14BrNO3/c1-11(6-14,7-15)13-10(16)8-4-2-3-5-9(8)12/h2-5,14-15H,6-7H2,1H3,(H,13,16). The number of carbonyl (C=O) groups is 1. The maximum absolute atomic E-state index is 11.8.